The van der Waals surface area contributed by atoms with Crippen molar-refractivity contribution < 1.29 is 0 Å². The number of nitrogens with one attached hydrogen (secondary N) is 2. The SMILES string of the molecule is CN(C)C1(CNC(=S)Nc2ccc(Cl)cc2)CCCCC1. The fourth-order valence-corrected chi connectivity index (χ4v) is 3.26. The summed E-state index contributed by atoms with van der Waals surface area (Å²) in [6.07, 6.45) is 6.42. The Morgan fingerprint density at radius 2 is 1.81 bits per heavy atom. The zero-order valence-electron chi connectivity index (χ0n) is 12.8. The molecule has 0 radical (unpaired) electrons. The van der Waals surface area contributed by atoms with Crippen LogP contribution in [-0.2, 0) is 0 Å². The normalized spacial score (nSPS) is 17.5. The largest absolute Gasteiger partial charge is 0.361 e. The predicted molar refractivity (Wildman–Crippen MR) is 95.2 cm³/mol. The van der Waals surface area contributed by atoms with E-state index in [4.69, 9.17) is 23.8 Å². The molecular weight excluding hydrogens is 302 g/mol. The first-order chi connectivity index (χ1) is 10.0. The molecule has 116 valence electrons. The Labute approximate surface area is 138 Å². The number of nitrogens with zero attached hydrogens (tertiary/aromatic N) is 1. The summed E-state index contributed by atoms with van der Waals surface area (Å²) in [6, 6.07) is 7.57. The van der Waals surface area contributed by atoms with E-state index in [1.165, 1.54) is 32.1 Å². The molecule has 1 aromatic carbocycles. The van der Waals surface area contributed by atoms with Crippen molar-refractivity contribution in [2.75, 3.05) is 26.0 Å². The van der Waals surface area contributed by atoms with Crippen LogP contribution < -0.4 is 10.6 Å². The van der Waals surface area contributed by atoms with Crippen LogP contribution in [0.3, 0.4) is 0 Å². The van der Waals surface area contributed by atoms with E-state index in [1.807, 2.05) is 24.3 Å². The molecule has 1 saturated carbocycles. The Kier molecular flexibility index (Phi) is 5.85. The molecule has 0 spiro atoms. The Hall–Kier alpha value is -0.840. The standard InChI is InChI=1S/C16H24ClN3S/c1-20(2)16(10-4-3-5-11-16)12-18-15(21)19-14-8-6-13(17)7-9-14/h6-9H,3-5,10-12H2,1-2H3,(H2,18,19,21). The minimum Gasteiger partial charge on any atom is -0.361 e. The van der Waals surface area contributed by atoms with Gasteiger partial charge >= 0.3 is 0 Å². The second kappa shape index (κ2) is 7.43. The number of likely N-dealkylation sites (N-methyl/N-ethyl adjacent to an activating group) is 1. The van der Waals surface area contributed by atoms with Crippen molar-refractivity contribution in [3.8, 4) is 0 Å². The van der Waals surface area contributed by atoms with E-state index < -0.39 is 0 Å². The van der Waals surface area contributed by atoms with E-state index in [9.17, 15) is 0 Å². The van der Waals surface area contributed by atoms with E-state index in [0.29, 0.717) is 5.11 Å². The quantitative estimate of drug-likeness (QED) is 0.821. The highest BCUT2D eigenvalue weighted by molar-refractivity contribution is 7.80. The molecule has 0 amide bonds. The Morgan fingerprint density at radius 3 is 2.38 bits per heavy atom. The summed E-state index contributed by atoms with van der Waals surface area (Å²) in [5.41, 5.74) is 1.18. The van der Waals surface area contributed by atoms with Crippen LogP contribution in [0.5, 0.6) is 0 Å². The molecule has 2 rings (SSSR count). The average molecular weight is 326 g/mol. The highest BCUT2D eigenvalue weighted by Crippen LogP contribution is 2.31. The molecule has 1 aliphatic carbocycles. The second-order valence-corrected chi connectivity index (χ2v) is 6.84. The number of rotatable bonds is 4. The monoisotopic (exact) mass is 325 g/mol. The summed E-state index contributed by atoms with van der Waals surface area (Å²) >= 11 is 11.3. The zero-order valence-corrected chi connectivity index (χ0v) is 14.4. The van der Waals surface area contributed by atoms with Gasteiger partial charge in [0.15, 0.2) is 5.11 Å². The molecule has 5 heteroatoms. The van der Waals surface area contributed by atoms with Crippen LogP contribution >= 0.6 is 23.8 Å². The van der Waals surface area contributed by atoms with Gasteiger partial charge in [-0.25, -0.2) is 0 Å². The smallest absolute Gasteiger partial charge is 0.170 e. The van der Waals surface area contributed by atoms with Gasteiger partial charge in [0.25, 0.3) is 0 Å². The maximum atomic E-state index is 5.88. The van der Waals surface area contributed by atoms with Gasteiger partial charge in [0.05, 0.1) is 0 Å². The first kappa shape index (κ1) is 16.5. The van der Waals surface area contributed by atoms with Gasteiger partial charge in [-0.05, 0) is 63.4 Å². The van der Waals surface area contributed by atoms with Gasteiger partial charge < -0.3 is 15.5 Å². The van der Waals surface area contributed by atoms with Crippen LogP contribution in [0.4, 0.5) is 5.69 Å². The molecule has 1 fully saturated rings. The molecule has 0 atom stereocenters. The lowest BCUT2D eigenvalue weighted by Gasteiger charge is -2.43. The highest BCUT2D eigenvalue weighted by atomic mass is 35.5. The molecule has 0 unspecified atom stereocenters. The number of thiocarbonyl (C=S) groups is 1. The molecule has 3 nitrogen and oxygen atoms in total. The van der Waals surface area contributed by atoms with Crippen molar-refractivity contribution in [2.24, 2.45) is 0 Å². The molecule has 0 saturated heterocycles. The van der Waals surface area contributed by atoms with E-state index in [1.54, 1.807) is 0 Å². The van der Waals surface area contributed by atoms with E-state index in [2.05, 4.69) is 29.6 Å². The van der Waals surface area contributed by atoms with Crippen molar-refractivity contribution in [1.82, 2.24) is 10.2 Å². The van der Waals surface area contributed by atoms with Gasteiger partial charge in [-0.3, -0.25) is 0 Å². The van der Waals surface area contributed by atoms with Crippen LogP contribution in [0.25, 0.3) is 0 Å². The summed E-state index contributed by atoms with van der Waals surface area (Å²) in [7, 11) is 4.34. The van der Waals surface area contributed by atoms with Crippen LogP contribution in [0.15, 0.2) is 24.3 Å². The van der Waals surface area contributed by atoms with Gasteiger partial charge in [0.1, 0.15) is 0 Å². The van der Waals surface area contributed by atoms with Gasteiger partial charge in [0, 0.05) is 22.8 Å². The second-order valence-electron chi connectivity index (χ2n) is 5.99. The zero-order chi connectivity index (χ0) is 15.3. The van der Waals surface area contributed by atoms with E-state index >= 15 is 0 Å². The molecule has 2 N–H and O–H groups in total. The van der Waals surface area contributed by atoms with Crippen molar-refractivity contribution in [1.29, 1.82) is 0 Å². The first-order valence-corrected chi connectivity index (χ1v) is 8.28. The third kappa shape index (κ3) is 4.56. The Morgan fingerprint density at radius 1 is 1.19 bits per heavy atom. The molecular formula is C16H24ClN3S. The maximum Gasteiger partial charge on any atom is 0.170 e. The van der Waals surface area contributed by atoms with Gasteiger partial charge in [0.2, 0.25) is 0 Å². The average Bonchev–Trinajstić information content (AvgIpc) is 2.48. The minimum atomic E-state index is 0.226. The molecule has 21 heavy (non-hydrogen) atoms. The van der Waals surface area contributed by atoms with Crippen molar-refractivity contribution in [3.05, 3.63) is 29.3 Å². The van der Waals surface area contributed by atoms with Crippen LogP contribution in [0.2, 0.25) is 5.02 Å². The number of hydrogen-bond donors (Lipinski definition) is 2. The molecule has 0 aromatic heterocycles. The van der Waals surface area contributed by atoms with Gasteiger partial charge in [-0.1, -0.05) is 30.9 Å². The lowest BCUT2D eigenvalue weighted by atomic mass is 9.80. The third-order valence-corrected chi connectivity index (χ3v) is 4.91. The molecule has 0 aliphatic heterocycles. The van der Waals surface area contributed by atoms with Crippen molar-refractivity contribution in [2.45, 2.75) is 37.6 Å². The fraction of sp³-hybridized carbons (Fsp3) is 0.562. The number of hydrogen-bond acceptors (Lipinski definition) is 2. The lowest BCUT2D eigenvalue weighted by Crippen LogP contribution is -2.54. The van der Waals surface area contributed by atoms with Crippen LogP contribution in [0, 0.1) is 0 Å². The lowest BCUT2D eigenvalue weighted by molar-refractivity contribution is 0.104. The van der Waals surface area contributed by atoms with Crippen molar-refractivity contribution in [3.63, 3.8) is 0 Å². The van der Waals surface area contributed by atoms with Crippen molar-refractivity contribution >= 4 is 34.6 Å². The molecule has 1 aromatic rings. The van der Waals surface area contributed by atoms with Crippen LogP contribution in [0.1, 0.15) is 32.1 Å². The molecule has 0 bridgehead atoms. The third-order valence-electron chi connectivity index (χ3n) is 4.41. The molecule has 1 aliphatic rings. The summed E-state index contributed by atoms with van der Waals surface area (Å²) in [6.45, 7) is 0.888. The Balaban J connectivity index is 1.88. The van der Waals surface area contributed by atoms with E-state index in [0.717, 1.165) is 17.3 Å². The molecule has 0 heterocycles. The summed E-state index contributed by atoms with van der Waals surface area (Å²) < 4.78 is 0. The Bertz CT molecular complexity index is 467. The number of halogens is 1. The highest BCUT2D eigenvalue weighted by Gasteiger charge is 2.34. The topological polar surface area (TPSA) is 27.3 Å². The van der Waals surface area contributed by atoms with Gasteiger partial charge in [-0.15, -0.1) is 0 Å². The minimum absolute atomic E-state index is 0.226. The van der Waals surface area contributed by atoms with Crippen LogP contribution in [-0.4, -0.2) is 36.2 Å². The van der Waals surface area contributed by atoms with Gasteiger partial charge in [-0.2, -0.15) is 0 Å². The number of anilines is 1. The predicted octanol–water partition coefficient (Wildman–Crippen LogP) is 3.89. The summed E-state index contributed by atoms with van der Waals surface area (Å²) in [5.74, 6) is 0. The first-order valence-electron chi connectivity index (χ1n) is 7.50. The summed E-state index contributed by atoms with van der Waals surface area (Å²) in [5, 5.41) is 7.99. The maximum absolute atomic E-state index is 5.88. The van der Waals surface area contributed by atoms with E-state index in [-0.39, 0.29) is 5.54 Å². The fourth-order valence-electron chi connectivity index (χ4n) is 2.95. The number of benzene rings is 1. The summed E-state index contributed by atoms with van der Waals surface area (Å²) in [4.78, 5) is 2.35.